The van der Waals surface area contributed by atoms with Crippen molar-refractivity contribution in [1.82, 2.24) is 0 Å². The van der Waals surface area contributed by atoms with Crippen LogP contribution in [0.4, 0.5) is 0 Å². The van der Waals surface area contributed by atoms with Crippen LogP contribution < -0.4 is 4.74 Å². The molecule has 0 saturated carbocycles. The molecule has 2 aromatic rings. The molecule has 0 amide bonds. The molecule has 0 saturated heterocycles. The van der Waals surface area contributed by atoms with Crippen molar-refractivity contribution < 1.29 is 4.74 Å². The minimum Gasteiger partial charge on any atom is -0.456 e. The van der Waals surface area contributed by atoms with Crippen LogP contribution in [0.2, 0.25) is 0 Å². The van der Waals surface area contributed by atoms with E-state index < -0.39 is 0 Å². The van der Waals surface area contributed by atoms with Crippen molar-refractivity contribution in [2.45, 2.75) is 0 Å². The fourth-order valence-electron chi connectivity index (χ4n) is 1.36. The summed E-state index contributed by atoms with van der Waals surface area (Å²) < 4.78 is 5.66. The SMILES string of the molecule is C#Cc1ccc(Oc2c[c]ccc2C#C)cc1. The monoisotopic (exact) mass is 217 g/mol. The zero-order valence-electron chi connectivity index (χ0n) is 9.10. The van der Waals surface area contributed by atoms with E-state index in [1.165, 1.54) is 0 Å². The summed E-state index contributed by atoms with van der Waals surface area (Å²) in [6, 6.07) is 15.4. The second kappa shape index (κ2) is 4.92. The lowest BCUT2D eigenvalue weighted by molar-refractivity contribution is 0.481. The van der Waals surface area contributed by atoms with Crippen LogP contribution in [-0.4, -0.2) is 0 Å². The Morgan fingerprint density at radius 2 is 1.76 bits per heavy atom. The molecule has 2 aromatic carbocycles. The van der Waals surface area contributed by atoms with Crippen LogP contribution >= 0.6 is 0 Å². The standard InChI is InChI=1S/C16H9O/c1-3-13-9-11-15(12-10-13)17-16-8-6-5-7-14(16)4-2/h1-2,5,7-12H. The van der Waals surface area contributed by atoms with Crippen molar-refractivity contribution in [1.29, 1.82) is 0 Å². The number of ether oxygens (including phenoxy) is 1. The molecule has 1 radical (unpaired) electrons. The molecule has 2 rings (SSSR count). The third-order valence-electron chi connectivity index (χ3n) is 2.23. The Morgan fingerprint density at radius 1 is 1.00 bits per heavy atom. The fraction of sp³-hybridized carbons (Fsp3) is 0. The van der Waals surface area contributed by atoms with Gasteiger partial charge in [0.15, 0.2) is 0 Å². The summed E-state index contributed by atoms with van der Waals surface area (Å²) in [5.41, 5.74) is 1.51. The highest BCUT2D eigenvalue weighted by Crippen LogP contribution is 2.24. The van der Waals surface area contributed by atoms with Gasteiger partial charge in [0.05, 0.1) is 5.56 Å². The second-order valence-corrected chi connectivity index (χ2v) is 3.34. The predicted molar refractivity (Wildman–Crippen MR) is 67.7 cm³/mol. The van der Waals surface area contributed by atoms with Crippen LogP contribution in [0.3, 0.4) is 0 Å². The maximum atomic E-state index is 5.66. The smallest absolute Gasteiger partial charge is 0.143 e. The van der Waals surface area contributed by atoms with E-state index in [4.69, 9.17) is 17.6 Å². The van der Waals surface area contributed by atoms with Gasteiger partial charge in [-0.3, -0.25) is 0 Å². The summed E-state index contributed by atoms with van der Waals surface area (Å²) >= 11 is 0. The van der Waals surface area contributed by atoms with Crippen LogP contribution in [0, 0.1) is 30.8 Å². The van der Waals surface area contributed by atoms with Gasteiger partial charge in [0.2, 0.25) is 0 Å². The van der Waals surface area contributed by atoms with E-state index in [1.807, 2.05) is 24.3 Å². The zero-order chi connectivity index (χ0) is 12.1. The molecule has 0 heterocycles. The predicted octanol–water partition coefficient (Wildman–Crippen LogP) is 3.24. The van der Waals surface area contributed by atoms with Crippen molar-refractivity contribution in [2.75, 3.05) is 0 Å². The fourth-order valence-corrected chi connectivity index (χ4v) is 1.36. The molecule has 0 aliphatic carbocycles. The first kappa shape index (κ1) is 10.9. The molecular weight excluding hydrogens is 208 g/mol. The van der Waals surface area contributed by atoms with Crippen molar-refractivity contribution in [3.8, 4) is 36.2 Å². The summed E-state index contributed by atoms with van der Waals surface area (Å²) in [6.07, 6.45) is 10.7. The van der Waals surface area contributed by atoms with Crippen LogP contribution in [0.1, 0.15) is 11.1 Å². The molecule has 0 N–H and O–H groups in total. The Kier molecular flexibility index (Phi) is 3.15. The van der Waals surface area contributed by atoms with E-state index in [1.54, 1.807) is 18.2 Å². The molecule has 0 spiro atoms. The summed E-state index contributed by atoms with van der Waals surface area (Å²) in [5, 5.41) is 0. The third-order valence-corrected chi connectivity index (χ3v) is 2.23. The van der Waals surface area contributed by atoms with Gasteiger partial charge in [-0.25, -0.2) is 0 Å². The maximum Gasteiger partial charge on any atom is 0.143 e. The minimum atomic E-state index is 0.614. The summed E-state index contributed by atoms with van der Waals surface area (Å²) in [6.45, 7) is 0. The lowest BCUT2D eigenvalue weighted by Crippen LogP contribution is -1.87. The van der Waals surface area contributed by atoms with Crippen LogP contribution in [0.25, 0.3) is 0 Å². The summed E-state index contributed by atoms with van der Waals surface area (Å²) in [4.78, 5) is 0. The average molecular weight is 217 g/mol. The van der Waals surface area contributed by atoms with Gasteiger partial charge < -0.3 is 4.74 Å². The van der Waals surface area contributed by atoms with E-state index in [-0.39, 0.29) is 0 Å². The lowest BCUT2D eigenvalue weighted by atomic mass is 10.2. The van der Waals surface area contributed by atoms with Crippen LogP contribution in [0.15, 0.2) is 42.5 Å². The van der Waals surface area contributed by atoms with Crippen molar-refractivity contribution in [2.24, 2.45) is 0 Å². The highest BCUT2D eigenvalue weighted by Gasteiger charge is 2.01. The lowest BCUT2D eigenvalue weighted by Gasteiger charge is -2.07. The van der Waals surface area contributed by atoms with Crippen LogP contribution in [0.5, 0.6) is 11.5 Å². The van der Waals surface area contributed by atoms with E-state index in [9.17, 15) is 0 Å². The first-order valence-corrected chi connectivity index (χ1v) is 5.04. The van der Waals surface area contributed by atoms with Gasteiger partial charge >= 0.3 is 0 Å². The molecule has 79 valence electrons. The van der Waals surface area contributed by atoms with Crippen molar-refractivity contribution in [3.05, 3.63) is 59.7 Å². The number of hydrogen-bond donors (Lipinski definition) is 0. The molecule has 0 bridgehead atoms. The third kappa shape index (κ3) is 2.48. The van der Waals surface area contributed by atoms with E-state index in [0.29, 0.717) is 17.1 Å². The van der Waals surface area contributed by atoms with E-state index in [2.05, 4.69) is 17.9 Å². The number of terminal acetylenes is 2. The number of benzene rings is 2. The normalized spacial score (nSPS) is 9.06. The summed E-state index contributed by atoms with van der Waals surface area (Å²) in [5.74, 6) is 6.42. The molecule has 1 heteroatoms. The first-order chi connectivity index (χ1) is 8.33. The summed E-state index contributed by atoms with van der Waals surface area (Å²) in [7, 11) is 0. The Labute approximate surface area is 101 Å². The van der Waals surface area contributed by atoms with Crippen molar-refractivity contribution in [3.63, 3.8) is 0 Å². The van der Waals surface area contributed by atoms with Gasteiger partial charge in [0.1, 0.15) is 11.5 Å². The van der Waals surface area contributed by atoms with Gasteiger partial charge in [-0.05, 0) is 42.5 Å². The molecule has 0 fully saturated rings. The highest BCUT2D eigenvalue weighted by molar-refractivity contribution is 5.47. The topological polar surface area (TPSA) is 9.23 Å². The van der Waals surface area contributed by atoms with Gasteiger partial charge in [0, 0.05) is 5.56 Å². The second-order valence-electron chi connectivity index (χ2n) is 3.34. The average Bonchev–Trinajstić information content (AvgIpc) is 2.40. The van der Waals surface area contributed by atoms with Gasteiger partial charge in [-0.1, -0.05) is 17.9 Å². The Morgan fingerprint density at radius 3 is 2.41 bits per heavy atom. The minimum absolute atomic E-state index is 0.614. The Hall–Kier alpha value is -2.64. The van der Waals surface area contributed by atoms with E-state index >= 15 is 0 Å². The molecule has 1 nitrogen and oxygen atoms in total. The molecule has 0 atom stereocenters. The highest BCUT2D eigenvalue weighted by atomic mass is 16.5. The molecule has 0 aliphatic rings. The molecule has 0 unspecified atom stereocenters. The zero-order valence-corrected chi connectivity index (χ0v) is 9.10. The molecular formula is C16H9O. The Bertz CT molecular complexity index is 595. The number of hydrogen-bond acceptors (Lipinski definition) is 1. The first-order valence-electron chi connectivity index (χ1n) is 5.04. The van der Waals surface area contributed by atoms with Crippen molar-refractivity contribution >= 4 is 0 Å². The maximum absolute atomic E-state index is 5.66. The van der Waals surface area contributed by atoms with Gasteiger partial charge in [-0.15, -0.1) is 12.8 Å². The molecule has 0 aromatic heterocycles. The van der Waals surface area contributed by atoms with E-state index in [0.717, 1.165) is 5.56 Å². The van der Waals surface area contributed by atoms with Crippen LogP contribution in [-0.2, 0) is 0 Å². The van der Waals surface area contributed by atoms with Gasteiger partial charge in [-0.2, -0.15) is 0 Å². The Balaban J connectivity index is 2.26. The molecule has 0 aliphatic heterocycles. The molecule has 17 heavy (non-hydrogen) atoms. The van der Waals surface area contributed by atoms with Gasteiger partial charge in [0.25, 0.3) is 0 Å². The largest absolute Gasteiger partial charge is 0.456 e. The quantitative estimate of drug-likeness (QED) is 0.702. The number of rotatable bonds is 2.